The van der Waals surface area contributed by atoms with Gasteiger partial charge < -0.3 is 15.5 Å². The molecule has 2 N–H and O–H groups in total. The lowest BCUT2D eigenvalue weighted by Crippen LogP contribution is -2.29. The fourth-order valence-corrected chi connectivity index (χ4v) is 3.96. The van der Waals surface area contributed by atoms with Crippen molar-refractivity contribution in [2.24, 2.45) is 0 Å². The van der Waals surface area contributed by atoms with Crippen LogP contribution in [0, 0.1) is 0 Å². The van der Waals surface area contributed by atoms with Gasteiger partial charge >= 0.3 is 0 Å². The van der Waals surface area contributed by atoms with Gasteiger partial charge in [0, 0.05) is 28.8 Å². The van der Waals surface area contributed by atoms with E-state index in [-0.39, 0.29) is 11.9 Å². The van der Waals surface area contributed by atoms with E-state index in [2.05, 4.69) is 50.6 Å². The lowest BCUT2D eigenvalue weighted by atomic mass is 10.1. The van der Waals surface area contributed by atoms with Crippen molar-refractivity contribution in [3.8, 4) is 0 Å². The van der Waals surface area contributed by atoms with Crippen LogP contribution in [0.1, 0.15) is 37.3 Å². The second kappa shape index (κ2) is 5.37. The lowest BCUT2D eigenvalue weighted by molar-refractivity contribution is -0.117. The van der Waals surface area contributed by atoms with Crippen LogP contribution in [0.15, 0.2) is 16.6 Å². The van der Waals surface area contributed by atoms with Gasteiger partial charge in [-0.15, -0.1) is 0 Å². The number of nitrogens with zero attached hydrogens (tertiary/aromatic N) is 1. The highest BCUT2D eigenvalue weighted by Crippen LogP contribution is 2.40. The zero-order chi connectivity index (χ0) is 14.3. The number of amides is 1. The second-order valence-electron chi connectivity index (χ2n) is 5.65. The van der Waals surface area contributed by atoms with Crippen molar-refractivity contribution in [1.29, 1.82) is 0 Å². The van der Waals surface area contributed by atoms with Crippen LogP contribution in [0.25, 0.3) is 0 Å². The minimum Gasteiger partial charge on any atom is -0.371 e. The van der Waals surface area contributed by atoms with E-state index in [9.17, 15) is 4.79 Å². The standard InChI is InChI=1S/C15H20BrN3O/c1-17-14-10-7-11(16)13(8-12(10)18-15(14)20)19(2)9-5-3-4-6-9/h7-9,14,17H,3-6H2,1-2H3,(H,18,20). The number of likely N-dealkylation sites (N-methyl/N-ethyl adjacent to an activating group) is 1. The molecule has 0 radical (unpaired) electrons. The number of fused-ring (bicyclic) bond motifs is 1. The highest BCUT2D eigenvalue weighted by Gasteiger charge is 2.31. The summed E-state index contributed by atoms with van der Waals surface area (Å²) in [6, 6.07) is 4.52. The third-order valence-corrected chi connectivity index (χ3v) is 5.13. The minimum atomic E-state index is -0.243. The van der Waals surface area contributed by atoms with E-state index in [0.717, 1.165) is 21.4 Å². The molecule has 1 amide bonds. The second-order valence-corrected chi connectivity index (χ2v) is 6.51. The Morgan fingerprint density at radius 3 is 2.70 bits per heavy atom. The van der Waals surface area contributed by atoms with E-state index in [1.807, 2.05) is 7.05 Å². The van der Waals surface area contributed by atoms with Crippen molar-refractivity contribution in [2.75, 3.05) is 24.3 Å². The molecular formula is C15H20BrN3O. The molecule has 0 saturated heterocycles. The Hall–Kier alpha value is -1.07. The summed E-state index contributed by atoms with van der Waals surface area (Å²) in [5.74, 6) is 0.0232. The normalized spacial score (nSPS) is 21.9. The molecule has 4 nitrogen and oxygen atoms in total. The molecule has 3 rings (SSSR count). The molecule has 0 aromatic heterocycles. The van der Waals surface area contributed by atoms with E-state index in [0.29, 0.717) is 6.04 Å². The molecule has 1 atom stereocenters. The molecule has 1 aromatic carbocycles. The predicted molar refractivity (Wildman–Crippen MR) is 85.2 cm³/mol. The van der Waals surface area contributed by atoms with Gasteiger partial charge in [-0.3, -0.25) is 4.79 Å². The van der Waals surface area contributed by atoms with Gasteiger partial charge in [0.1, 0.15) is 6.04 Å². The van der Waals surface area contributed by atoms with Gasteiger partial charge in [-0.25, -0.2) is 0 Å². The first kappa shape index (κ1) is 13.9. The molecule has 0 bridgehead atoms. The lowest BCUT2D eigenvalue weighted by Gasteiger charge is -2.28. The van der Waals surface area contributed by atoms with E-state index >= 15 is 0 Å². The maximum absolute atomic E-state index is 11.9. The molecule has 1 unspecified atom stereocenters. The number of halogens is 1. The maximum Gasteiger partial charge on any atom is 0.246 e. The molecule has 1 aliphatic heterocycles. The number of carbonyl (C=O) groups is 1. The summed E-state index contributed by atoms with van der Waals surface area (Å²) < 4.78 is 1.06. The molecule has 20 heavy (non-hydrogen) atoms. The summed E-state index contributed by atoms with van der Waals surface area (Å²) in [5.41, 5.74) is 3.11. The molecule has 2 aliphatic rings. The van der Waals surface area contributed by atoms with Gasteiger partial charge in [-0.1, -0.05) is 12.8 Å². The quantitative estimate of drug-likeness (QED) is 0.890. The minimum absolute atomic E-state index is 0.0232. The van der Waals surface area contributed by atoms with Crippen molar-refractivity contribution < 1.29 is 4.79 Å². The van der Waals surface area contributed by atoms with Crippen LogP contribution < -0.4 is 15.5 Å². The molecule has 1 fully saturated rings. The largest absolute Gasteiger partial charge is 0.371 e. The van der Waals surface area contributed by atoms with Crippen LogP contribution in [0.3, 0.4) is 0 Å². The highest BCUT2D eigenvalue weighted by molar-refractivity contribution is 9.10. The van der Waals surface area contributed by atoms with Crippen molar-refractivity contribution in [3.05, 3.63) is 22.2 Å². The number of rotatable bonds is 3. The van der Waals surface area contributed by atoms with Gasteiger partial charge in [0.05, 0.1) is 5.69 Å². The molecule has 1 saturated carbocycles. The molecular weight excluding hydrogens is 318 g/mol. The van der Waals surface area contributed by atoms with E-state index in [1.165, 1.54) is 25.7 Å². The summed E-state index contributed by atoms with van der Waals surface area (Å²) in [6.07, 6.45) is 5.14. The molecule has 1 aliphatic carbocycles. The first-order valence-electron chi connectivity index (χ1n) is 7.16. The number of nitrogens with one attached hydrogen (secondary N) is 2. The molecule has 0 spiro atoms. The van der Waals surface area contributed by atoms with Crippen LogP contribution in [-0.2, 0) is 4.79 Å². The SMILES string of the molecule is CNC1C(=O)Nc2cc(N(C)C3CCCC3)c(Br)cc21. The van der Waals surface area contributed by atoms with Crippen LogP contribution >= 0.6 is 15.9 Å². The summed E-state index contributed by atoms with van der Waals surface area (Å²) in [6.45, 7) is 0. The van der Waals surface area contributed by atoms with Gasteiger partial charge in [0.2, 0.25) is 5.91 Å². The Balaban J connectivity index is 1.94. The number of anilines is 2. The van der Waals surface area contributed by atoms with Crippen molar-refractivity contribution in [3.63, 3.8) is 0 Å². The van der Waals surface area contributed by atoms with Crippen LogP contribution in [0.4, 0.5) is 11.4 Å². The summed E-state index contributed by atoms with van der Waals surface area (Å²) >= 11 is 3.67. The topological polar surface area (TPSA) is 44.4 Å². The fourth-order valence-electron chi connectivity index (χ4n) is 3.32. The third-order valence-electron chi connectivity index (χ3n) is 4.49. The third kappa shape index (κ3) is 2.23. The molecule has 108 valence electrons. The summed E-state index contributed by atoms with van der Waals surface area (Å²) in [5, 5.41) is 6.02. The Morgan fingerprint density at radius 1 is 1.35 bits per heavy atom. The average molecular weight is 338 g/mol. The van der Waals surface area contributed by atoms with Crippen LogP contribution in [0.5, 0.6) is 0 Å². The summed E-state index contributed by atoms with van der Waals surface area (Å²) in [4.78, 5) is 14.3. The van der Waals surface area contributed by atoms with Crippen LogP contribution in [-0.4, -0.2) is 26.0 Å². The first-order valence-corrected chi connectivity index (χ1v) is 7.95. The van der Waals surface area contributed by atoms with E-state index in [1.54, 1.807) is 0 Å². The highest BCUT2D eigenvalue weighted by atomic mass is 79.9. The zero-order valence-corrected chi connectivity index (χ0v) is 13.5. The van der Waals surface area contributed by atoms with E-state index < -0.39 is 0 Å². The van der Waals surface area contributed by atoms with E-state index in [4.69, 9.17) is 0 Å². The number of benzene rings is 1. The maximum atomic E-state index is 11.9. The first-order chi connectivity index (χ1) is 9.61. The fraction of sp³-hybridized carbons (Fsp3) is 0.533. The van der Waals surface area contributed by atoms with Gasteiger partial charge in [-0.05, 0) is 48.0 Å². The Labute approximate surface area is 128 Å². The van der Waals surface area contributed by atoms with Crippen molar-refractivity contribution >= 4 is 33.2 Å². The number of hydrogen-bond acceptors (Lipinski definition) is 3. The van der Waals surface area contributed by atoms with Gasteiger partial charge in [0.15, 0.2) is 0 Å². The average Bonchev–Trinajstić information content (AvgIpc) is 3.04. The molecule has 1 aromatic rings. The zero-order valence-electron chi connectivity index (χ0n) is 11.9. The Bertz CT molecular complexity index is 540. The van der Waals surface area contributed by atoms with Gasteiger partial charge in [0.25, 0.3) is 0 Å². The van der Waals surface area contributed by atoms with Crippen molar-refractivity contribution in [1.82, 2.24) is 5.32 Å². The number of carbonyl (C=O) groups excluding carboxylic acids is 1. The number of hydrogen-bond donors (Lipinski definition) is 2. The smallest absolute Gasteiger partial charge is 0.246 e. The van der Waals surface area contributed by atoms with Gasteiger partial charge in [-0.2, -0.15) is 0 Å². The monoisotopic (exact) mass is 337 g/mol. The molecule has 1 heterocycles. The Morgan fingerprint density at radius 2 is 2.05 bits per heavy atom. The Kier molecular flexibility index (Phi) is 3.73. The van der Waals surface area contributed by atoms with Crippen LogP contribution in [0.2, 0.25) is 0 Å². The molecule has 5 heteroatoms. The summed E-state index contributed by atoms with van der Waals surface area (Å²) in [7, 11) is 3.96. The predicted octanol–water partition coefficient (Wildman–Crippen LogP) is 3.04. The van der Waals surface area contributed by atoms with Crippen molar-refractivity contribution in [2.45, 2.75) is 37.8 Å².